The minimum absolute atomic E-state index is 0.0899. The van der Waals surface area contributed by atoms with E-state index in [9.17, 15) is 24.6 Å². The van der Waals surface area contributed by atoms with Gasteiger partial charge >= 0.3 is 12.1 Å². The van der Waals surface area contributed by atoms with E-state index in [1.54, 1.807) is 0 Å². The Kier molecular flexibility index (Phi) is 11.0. The summed E-state index contributed by atoms with van der Waals surface area (Å²) in [6.45, 7) is 1.15. The van der Waals surface area contributed by atoms with E-state index < -0.39 is 47.6 Å². The SMILES string of the molecule is C[C@@H](O)[C@H](NC(=O)[C@H](CCC(N)=O)N(C(=O)OCC1c2ccccc2-c2ccccc21)C(c1ccccc1)(c1ccccc1)c1ccccc1)C(=O)O. The summed E-state index contributed by atoms with van der Waals surface area (Å²) in [5.41, 5.74) is 9.88. The molecule has 0 saturated heterocycles. The molecule has 270 valence electrons. The number of nitrogens with two attached hydrogens (primary N) is 1. The zero-order chi connectivity index (χ0) is 37.5. The number of aliphatic carboxylic acids is 1. The van der Waals surface area contributed by atoms with Crippen LogP contribution in [0, 0.1) is 0 Å². The predicted molar refractivity (Wildman–Crippen MR) is 200 cm³/mol. The second kappa shape index (κ2) is 16.0. The summed E-state index contributed by atoms with van der Waals surface area (Å²) < 4.78 is 6.34. The first-order chi connectivity index (χ1) is 25.6. The summed E-state index contributed by atoms with van der Waals surface area (Å²) in [7, 11) is 0. The van der Waals surface area contributed by atoms with Gasteiger partial charge in [0.05, 0.1) is 6.10 Å². The van der Waals surface area contributed by atoms with Crippen molar-refractivity contribution in [3.05, 3.63) is 167 Å². The fourth-order valence-corrected chi connectivity index (χ4v) is 7.41. The number of aliphatic hydroxyl groups is 1. The Bertz CT molecular complexity index is 1930. The molecule has 3 atom stereocenters. The molecule has 1 aliphatic rings. The highest BCUT2D eigenvalue weighted by atomic mass is 16.6. The van der Waals surface area contributed by atoms with Crippen LogP contribution >= 0.6 is 0 Å². The number of benzene rings is 5. The molecule has 3 amide bonds. The molecule has 10 heteroatoms. The van der Waals surface area contributed by atoms with Crippen molar-refractivity contribution < 1.29 is 34.1 Å². The van der Waals surface area contributed by atoms with Crippen LogP contribution in [0.2, 0.25) is 0 Å². The third kappa shape index (κ3) is 7.27. The van der Waals surface area contributed by atoms with Gasteiger partial charge in [0.1, 0.15) is 18.2 Å². The van der Waals surface area contributed by atoms with Gasteiger partial charge in [-0.05, 0) is 52.3 Å². The van der Waals surface area contributed by atoms with Gasteiger partial charge in [-0.15, -0.1) is 0 Å². The lowest BCUT2D eigenvalue weighted by Gasteiger charge is -2.48. The summed E-state index contributed by atoms with van der Waals surface area (Å²) >= 11 is 0. The largest absolute Gasteiger partial charge is 0.480 e. The number of carbonyl (C=O) groups is 4. The lowest BCUT2D eigenvalue weighted by Crippen LogP contribution is -2.62. The van der Waals surface area contributed by atoms with E-state index in [1.165, 1.54) is 11.8 Å². The molecule has 1 aliphatic carbocycles. The second-order valence-corrected chi connectivity index (χ2v) is 13.1. The molecule has 5 aromatic rings. The second-order valence-electron chi connectivity index (χ2n) is 13.1. The number of primary amides is 1. The number of carbonyl (C=O) groups excluding carboxylic acids is 3. The number of nitrogens with zero attached hydrogens (tertiary/aromatic N) is 1. The third-order valence-corrected chi connectivity index (χ3v) is 9.79. The van der Waals surface area contributed by atoms with E-state index in [0.29, 0.717) is 16.7 Å². The summed E-state index contributed by atoms with van der Waals surface area (Å²) in [4.78, 5) is 55.7. The van der Waals surface area contributed by atoms with Crippen LogP contribution in [0.15, 0.2) is 140 Å². The zero-order valence-corrected chi connectivity index (χ0v) is 29.2. The highest BCUT2D eigenvalue weighted by Gasteiger charge is 2.51. The van der Waals surface area contributed by atoms with Crippen LogP contribution in [0.25, 0.3) is 11.1 Å². The van der Waals surface area contributed by atoms with E-state index in [2.05, 4.69) is 5.32 Å². The van der Waals surface area contributed by atoms with Crippen LogP contribution in [0.1, 0.15) is 53.5 Å². The number of hydrogen-bond donors (Lipinski definition) is 4. The first-order valence-corrected chi connectivity index (χ1v) is 17.4. The number of amides is 3. The van der Waals surface area contributed by atoms with Crippen LogP contribution in [-0.2, 0) is 24.7 Å². The molecule has 0 bridgehead atoms. The van der Waals surface area contributed by atoms with Gasteiger partial charge in [0.15, 0.2) is 6.04 Å². The average Bonchev–Trinajstić information content (AvgIpc) is 3.50. The zero-order valence-electron chi connectivity index (χ0n) is 29.2. The van der Waals surface area contributed by atoms with Gasteiger partial charge in [0.25, 0.3) is 0 Å². The Balaban J connectivity index is 1.57. The normalized spacial score (nSPS) is 13.8. The van der Waals surface area contributed by atoms with Crippen LogP contribution in [0.5, 0.6) is 0 Å². The van der Waals surface area contributed by atoms with E-state index >= 15 is 4.79 Å². The fraction of sp³-hybridized carbons (Fsp3) is 0.209. The third-order valence-electron chi connectivity index (χ3n) is 9.79. The lowest BCUT2D eigenvalue weighted by atomic mass is 9.74. The lowest BCUT2D eigenvalue weighted by molar-refractivity contribution is -0.146. The number of carboxylic acids is 1. The molecular formula is C43H41N3O7. The van der Waals surface area contributed by atoms with Crippen molar-refractivity contribution in [3.63, 3.8) is 0 Å². The van der Waals surface area contributed by atoms with Crippen LogP contribution in [-0.4, -0.2) is 63.8 Å². The Morgan fingerprint density at radius 1 is 0.736 bits per heavy atom. The standard InChI is InChI=1S/C43H41N3O7/c1-28(47)39(41(50)51)45-40(49)37(25-26-38(44)48)46(42(52)53-27-36-34-23-13-11-21-32(34)33-22-12-14-24-35(33)36)43(29-15-5-2-6-16-29,30-17-7-3-8-18-30)31-19-9-4-10-20-31/h2-24,28,36-37,39,47H,25-27H2,1H3,(H2,44,48)(H,45,49)(H,50,51)/t28-,37+,39+/m1/s1. The summed E-state index contributed by atoms with van der Waals surface area (Å²) in [5.74, 6) is -3.45. The molecule has 0 fully saturated rings. The number of carboxylic acid groups (broad SMARTS) is 1. The molecule has 6 rings (SSSR count). The summed E-state index contributed by atoms with van der Waals surface area (Å²) in [6.07, 6.45) is -2.99. The smallest absolute Gasteiger partial charge is 0.411 e. The van der Waals surface area contributed by atoms with Crippen molar-refractivity contribution in [1.29, 1.82) is 0 Å². The van der Waals surface area contributed by atoms with Crippen LogP contribution in [0.4, 0.5) is 4.79 Å². The van der Waals surface area contributed by atoms with Crippen molar-refractivity contribution >= 4 is 23.9 Å². The molecule has 5 N–H and O–H groups in total. The highest BCUT2D eigenvalue weighted by molar-refractivity contribution is 5.91. The molecule has 0 heterocycles. The number of aliphatic hydroxyl groups excluding tert-OH is 1. The van der Waals surface area contributed by atoms with Gasteiger partial charge < -0.3 is 26.0 Å². The predicted octanol–water partition coefficient (Wildman–Crippen LogP) is 5.81. The van der Waals surface area contributed by atoms with Gasteiger partial charge in [-0.25, -0.2) is 9.59 Å². The average molecular weight is 712 g/mol. The number of fused-ring (bicyclic) bond motifs is 3. The van der Waals surface area contributed by atoms with Gasteiger partial charge in [-0.2, -0.15) is 0 Å². The molecule has 0 spiro atoms. The number of hydrogen-bond acceptors (Lipinski definition) is 6. The number of ether oxygens (including phenoxy) is 1. The molecule has 53 heavy (non-hydrogen) atoms. The maximum atomic E-state index is 15.3. The van der Waals surface area contributed by atoms with Crippen molar-refractivity contribution in [2.45, 2.75) is 49.4 Å². The van der Waals surface area contributed by atoms with Crippen molar-refractivity contribution in [2.75, 3.05) is 6.61 Å². The van der Waals surface area contributed by atoms with Crippen LogP contribution < -0.4 is 11.1 Å². The van der Waals surface area contributed by atoms with Crippen molar-refractivity contribution in [2.24, 2.45) is 5.73 Å². The van der Waals surface area contributed by atoms with Crippen LogP contribution in [0.3, 0.4) is 0 Å². The maximum absolute atomic E-state index is 15.3. The van der Waals surface area contributed by atoms with E-state index in [0.717, 1.165) is 22.3 Å². The maximum Gasteiger partial charge on any atom is 0.411 e. The molecule has 0 aliphatic heterocycles. The number of nitrogens with one attached hydrogen (secondary N) is 1. The molecule has 0 radical (unpaired) electrons. The van der Waals surface area contributed by atoms with Gasteiger partial charge in [-0.1, -0.05) is 140 Å². The first kappa shape index (κ1) is 36.5. The minimum atomic E-state index is -1.72. The van der Waals surface area contributed by atoms with Crippen molar-refractivity contribution in [1.82, 2.24) is 10.2 Å². The van der Waals surface area contributed by atoms with E-state index in [-0.39, 0.29) is 25.4 Å². The fourth-order valence-electron chi connectivity index (χ4n) is 7.41. The molecule has 0 unspecified atom stereocenters. The van der Waals surface area contributed by atoms with E-state index in [4.69, 9.17) is 10.5 Å². The Morgan fingerprint density at radius 2 is 1.17 bits per heavy atom. The quantitative estimate of drug-likeness (QED) is 0.106. The summed E-state index contributed by atoms with van der Waals surface area (Å²) in [5, 5.41) is 22.7. The topological polar surface area (TPSA) is 159 Å². The molecule has 10 nitrogen and oxygen atoms in total. The Hall–Kier alpha value is -6.26. The van der Waals surface area contributed by atoms with Crippen molar-refractivity contribution in [3.8, 4) is 11.1 Å². The molecule has 0 aromatic heterocycles. The Morgan fingerprint density at radius 3 is 1.58 bits per heavy atom. The Labute approximate surface area is 307 Å². The first-order valence-electron chi connectivity index (χ1n) is 17.4. The highest BCUT2D eigenvalue weighted by Crippen LogP contribution is 2.47. The van der Waals surface area contributed by atoms with Gasteiger partial charge in [0, 0.05) is 12.3 Å². The number of rotatable bonds is 14. The monoisotopic (exact) mass is 711 g/mol. The van der Waals surface area contributed by atoms with Gasteiger partial charge in [-0.3, -0.25) is 14.5 Å². The van der Waals surface area contributed by atoms with E-state index in [1.807, 2.05) is 140 Å². The van der Waals surface area contributed by atoms with Gasteiger partial charge in [0.2, 0.25) is 11.8 Å². The summed E-state index contributed by atoms with van der Waals surface area (Å²) in [6, 6.07) is 40.0. The minimum Gasteiger partial charge on any atom is -0.480 e. The molecular weight excluding hydrogens is 670 g/mol. The molecule has 0 saturated carbocycles. The molecule has 5 aromatic carbocycles.